The zero-order chi connectivity index (χ0) is 17.1. The zero-order valence-electron chi connectivity index (χ0n) is 13.8. The van der Waals surface area contributed by atoms with Gasteiger partial charge in [0.25, 0.3) is 0 Å². The molecule has 0 saturated heterocycles. The van der Waals surface area contributed by atoms with Gasteiger partial charge in [-0.05, 0) is 31.2 Å². The monoisotopic (exact) mass is 338 g/mol. The first-order valence-electron chi connectivity index (χ1n) is 8.05. The van der Waals surface area contributed by atoms with Crippen LogP contribution in [-0.2, 0) is 6.54 Å². The minimum absolute atomic E-state index is 0.513. The summed E-state index contributed by atoms with van der Waals surface area (Å²) >= 11 is 0. The highest BCUT2D eigenvalue weighted by molar-refractivity contribution is 5.61. The summed E-state index contributed by atoms with van der Waals surface area (Å²) in [5, 5.41) is 6.44. The van der Waals surface area contributed by atoms with Gasteiger partial charge in [0.2, 0.25) is 5.95 Å². The van der Waals surface area contributed by atoms with Gasteiger partial charge in [0.15, 0.2) is 11.5 Å². The second-order valence-corrected chi connectivity index (χ2v) is 5.63. The number of anilines is 3. The minimum atomic E-state index is 0.513. The van der Waals surface area contributed by atoms with Gasteiger partial charge in [0, 0.05) is 23.5 Å². The third-order valence-electron chi connectivity index (χ3n) is 3.68. The lowest BCUT2D eigenvalue weighted by atomic mass is 10.2. The summed E-state index contributed by atoms with van der Waals surface area (Å²) in [6.45, 7) is 3.62. The SMILES string of the molecule is Cc1cc(NCc2ccco2)nc(Nc2ccc3c(c2)OCCO3)n1. The van der Waals surface area contributed by atoms with Crippen molar-refractivity contribution >= 4 is 17.5 Å². The van der Waals surface area contributed by atoms with Gasteiger partial charge in [-0.1, -0.05) is 0 Å². The summed E-state index contributed by atoms with van der Waals surface area (Å²) in [4.78, 5) is 8.92. The van der Waals surface area contributed by atoms with Crippen LogP contribution in [0.1, 0.15) is 11.5 Å². The van der Waals surface area contributed by atoms with Crippen LogP contribution >= 0.6 is 0 Å². The molecule has 0 radical (unpaired) electrons. The van der Waals surface area contributed by atoms with E-state index in [0.717, 1.165) is 34.5 Å². The molecule has 0 aliphatic carbocycles. The van der Waals surface area contributed by atoms with Crippen molar-refractivity contribution in [3.05, 3.63) is 54.1 Å². The molecule has 0 unspecified atom stereocenters. The Balaban J connectivity index is 1.50. The lowest BCUT2D eigenvalue weighted by Gasteiger charge is -2.19. The number of hydrogen-bond donors (Lipinski definition) is 2. The number of fused-ring (bicyclic) bond motifs is 1. The Morgan fingerprint density at radius 2 is 1.92 bits per heavy atom. The van der Waals surface area contributed by atoms with E-state index in [4.69, 9.17) is 13.9 Å². The number of nitrogens with zero attached hydrogens (tertiary/aromatic N) is 2. The van der Waals surface area contributed by atoms with Gasteiger partial charge in [-0.15, -0.1) is 0 Å². The van der Waals surface area contributed by atoms with Gasteiger partial charge in [-0.25, -0.2) is 4.98 Å². The molecule has 2 aromatic heterocycles. The number of ether oxygens (including phenoxy) is 2. The van der Waals surface area contributed by atoms with E-state index in [1.54, 1.807) is 6.26 Å². The van der Waals surface area contributed by atoms with Crippen LogP contribution in [0.4, 0.5) is 17.5 Å². The quantitative estimate of drug-likeness (QED) is 0.737. The number of aryl methyl sites for hydroxylation is 1. The van der Waals surface area contributed by atoms with E-state index < -0.39 is 0 Å². The third-order valence-corrected chi connectivity index (χ3v) is 3.68. The van der Waals surface area contributed by atoms with Gasteiger partial charge in [-0.2, -0.15) is 4.98 Å². The van der Waals surface area contributed by atoms with Crippen LogP contribution in [-0.4, -0.2) is 23.2 Å². The Morgan fingerprint density at radius 3 is 2.76 bits per heavy atom. The van der Waals surface area contributed by atoms with E-state index in [-0.39, 0.29) is 0 Å². The topological polar surface area (TPSA) is 81.4 Å². The number of hydrogen-bond acceptors (Lipinski definition) is 7. The Bertz CT molecular complexity index is 865. The molecule has 4 rings (SSSR count). The van der Waals surface area contributed by atoms with E-state index >= 15 is 0 Å². The highest BCUT2D eigenvalue weighted by Gasteiger charge is 2.12. The fourth-order valence-electron chi connectivity index (χ4n) is 2.56. The van der Waals surface area contributed by atoms with Crippen LogP contribution < -0.4 is 20.1 Å². The largest absolute Gasteiger partial charge is 0.486 e. The highest BCUT2D eigenvalue weighted by Crippen LogP contribution is 2.33. The molecule has 0 spiro atoms. The normalized spacial score (nSPS) is 12.7. The van der Waals surface area contributed by atoms with Gasteiger partial charge >= 0.3 is 0 Å². The molecule has 0 atom stereocenters. The maximum atomic E-state index is 5.60. The molecule has 0 saturated carbocycles. The van der Waals surface area contributed by atoms with Crippen LogP contribution in [0.25, 0.3) is 0 Å². The molecule has 128 valence electrons. The zero-order valence-corrected chi connectivity index (χ0v) is 13.8. The number of rotatable bonds is 5. The van der Waals surface area contributed by atoms with Gasteiger partial charge in [0.05, 0.1) is 12.8 Å². The fourth-order valence-corrected chi connectivity index (χ4v) is 2.56. The van der Waals surface area contributed by atoms with Crippen molar-refractivity contribution in [3.8, 4) is 11.5 Å². The lowest BCUT2D eigenvalue weighted by Crippen LogP contribution is -2.15. The number of furan rings is 1. The van der Waals surface area contributed by atoms with Crippen molar-refractivity contribution in [2.24, 2.45) is 0 Å². The molecular weight excluding hydrogens is 320 g/mol. The van der Waals surface area contributed by atoms with Crippen molar-refractivity contribution in [2.45, 2.75) is 13.5 Å². The maximum Gasteiger partial charge on any atom is 0.229 e. The summed E-state index contributed by atoms with van der Waals surface area (Å²) < 4.78 is 16.4. The minimum Gasteiger partial charge on any atom is -0.486 e. The third kappa shape index (κ3) is 3.65. The number of nitrogens with one attached hydrogen (secondary N) is 2. The first-order valence-corrected chi connectivity index (χ1v) is 8.05. The van der Waals surface area contributed by atoms with Crippen molar-refractivity contribution in [3.63, 3.8) is 0 Å². The summed E-state index contributed by atoms with van der Waals surface area (Å²) in [5.74, 6) is 3.56. The van der Waals surface area contributed by atoms with Crippen LogP contribution in [0.5, 0.6) is 11.5 Å². The second kappa shape index (κ2) is 6.72. The van der Waals surface area contributed by atoms with E-state index in [2.05, 4.69) is 20.6 Å². The van der Waals surface area contributed by atoms with Crippen LogP contribution in [0.3, 0.4) is 0 Å². The van der Waals surface area contributed by atoms with Gasteiger partial charge in [-0.3, -0.25) is 0 Å². The van der Waals surface area contributed by atoms with Crippen LogP contribution in [0, 0.1) is 6.92 Å². The van der Waals surface area contributed by atoms with E-state index in [9.17, 15) is 0 Å². The van der Waals surface area contributed by atoms with E-state index in [1.165, 1.54) is 0 Å². The molecule has 1 aromatic carbocycles. The molecule has 0 fully saturated rings. The van der Waals surface area contributed by atoms with Crippen LogP contribution in [0.2, 0.25) is 0 Å². The van der Waals surface area contributed by atoms with Crippen molar-refractivity contribution in [1.29, 1.82) is 0 Å². The molecule has 0 bridgehead atoms. The van der Waals surface area contributed by atoms with Crippen LogP contribution in [0.15, 0.2) is 47.1 Å². The highest BCUT2D eigenvalue weighted by atomic mass is 16.6. The predicted molar refractivity (Wildman–Crippen MR) is 93.5 cm³/mol. The number of aromatic nitrogens is 2. The average molecular weight is 338 g/mol. The summed E-state index contributed by atoms with van der Waals surface area (Å²) in [6.07, 6.45) is 1.65. The molecule has 1 aliphatic rings. The molecule has 7 nitrogen and oxygen atoms in total. The van der Waals surface area contributed by atoms with Crippen molar-refractivity contribution in [1.82, 2.24) is 9.97 Å². The fraction of sp³-hybridized carbons (Fsp3) is 0.222. The molecule has 2 N–H and O–H groups in total. The summed E-state index contributed by atoms with van der Waals surface area (Å²) in [5.41, 5.74) is 1.70. The summed E-state index contributed by atoms with van der Waals surface area (Å²) in [6, 6.07) is 11.3. The molecule has 1 aliphatic heterocycles. The Labute approximate surface area is 145 Å². The van der Waals surface area contributed by atoms with Crippen molar-refractivity contribution < 1.29 is 13.9 Å². The van der Waals surface area contributed by atoms with Gasteiger partial charge < -0.3 is 24.5 Å². The molecule has 3 heterocycles. The maximum absolute atomic E-state index is 5.60. The molecule has 3 aromatic rings. The van der Waals surface area contributed by atoms with Crippen molar-refractivity contribution in [2.75, 3.05) is 23.8 Å². The first kappa shape index (κ1) is 15.3. The second-order valence-electron chi connectivity index (χ2n) is 5.63. The molecule has 7 heteroatoms. The molecule has 0 amide bonds. The van der Waals surface area contributed by atoms with Gasteiger partial charge in [0.1, 0.15) is 24.8 Å². The predicted octanol–water partition coefficient (Wildman–Crippen LogP) is 3.50. The Hall–Kier alpha value is -3.22. The smallest absolute Gasteiger partial charge is 0.229 e. The average Bonchev–Trinajstić information content (AvgIpc) is 3.13. The first-order chi connectivity index (χ1) is 12.3. The number of benzene rings is 1. The molecular formula is C18H18N4O3. The standard InChI is InChI=1S/C18H18N4O3/c1-12-9-17(19-11-14-3-2-6-23-14)22-18(20-12)21-13-4-5-15-16(10-13)25-8-7-24-15/h2-6,9-10H,7-8,11H2,1H3,(H2,19,20,21,22). The Morgan fingerprint density at radius 1 is 1.04 bits per heavy atom. The summed E-state index contributed by atoms with van der Waals surface area (Å²) in [7, 11) is 0. The molecule has 25 heavy (non-hydrogen) atoms. The Kier molecular flexibility index (Phi) is 4.12. The lowest BCUT2D eigenvalue weighted by molar-refractivity contribution is 0.171. The van der Waals surface area contributed by atoms with E-state index in [0.29, 0.717) is 25.7 Å². The van der Waals surface area contributed by atoms with E-state index in [1.807, 2.05) is 43.3 Å².